The molecule has 8 nitrogen and oxygen atoms in total. The van der Waals surface area contributed by atoms with Crippen LogP contribution >= 0.6 is 35.0 Å². The lowest BCUT2D eigenvalue weighted by atomic mass is 10.3. The SMILES string of the molecule is CCOc1ccc(NC(=O)Cc2nnc(SCC(=O)Nc3cc(Cl)cc(Cl)c3)n2CC)cc1. The Bertz CT molecular complexity index is 1100. The molecule has 3 aromatic rings. The number of rotatable bonds is 10. The molecule has 2 aromatic carbocycles. The molecule has 33 heavy (non-hydrogen) atoms. The van der Waals surface area contributed by atoms with E-state index in [4.69, 9.17) is 27.9 Å². The van der Waals surface area contributed by atoms with Crippen LogP contribution in [0.3, 0.4) is 0 Å². The van der Waals surface area contributed by atoms with E-state index in [1.165, 1.54) is 11.8 Å². The molecular weight excluding hydrogens is 485 g/mol. The maximum absolute atomic E-state index is 12.5. The second-order valence-corrected chi connectivity index (χ2v) is 8.64. The first-order valence-electron chi connectivity index (χ1n) is 10.2. The summed E-state index contributed by atoms with van der Waals surface area (Å²) in [6, 6.07) is 12.0. The summed E-state index contributed by atoms with van der Waals surface area (Å²) in [4.78, 5) is 24.8. The van der Waals surface area contributed by atoms with Crippen LogP contribution < -0.4 is 15.4 Å². The van der Waals surface area contributed by atoms with Crippen LogP contribution in [0.4, 0.5) is 11.4 Å². The molecule has 2 N–H and O–H groups in total. The van der Waals surface area contributed by atoms with Gasteiger partial charge < -0.3 is 19.9 Å². The summed E-state index contributed by atoms with van der Waals surface area (Å²) in [6.45, 7) is 4.98. The number of thioether (sulfide) groups is 1. The first-order valence-corrected chi connectivity index (χ1v) is 12.0. The van der Waals surface area contributed by atoms with Crippen molar-refractivity contribution in [1.82, 2.24) is 14.8 Å². The van der Waals surface area contributed by atoms with Gasteiger partial charge in [0.15, 0.2) is 5.16 Å². The normalized spacial score (nSPS) is 10.7. The molecule has 1 aromatic heterocycles. The summed E-state index contributed by atoms with van der Waals surface area (Å²) in [5.74, 6) is 0.920. The molecule has 0 radical (unpaired) electrons. The second kappa shape index (κ2) is 11.9. The Hall–Kier alpha value is -2.75. The molecule has 1 heterocycles. The van der Waals surface area contributed by atoms with E-state index < -0.39 is 0 Å². The number of nitrogens with one attached hydrogen (secondary N) is 2. The van der Waals surface area contributed by atoms with Crippen molar-refractivity contribution in [3.05, 3.63) is 58.3 Å². The highest BCUT2D eigenvalue weighted by Crippen LogP contribution is 2.23. The van der Waals surface area contributed by atoms with Gasteiger partial charge in [0.1, 0.15) is 11.6 Å². The highest BCUT2D eigenvalue weighted by atomic mass is 35.5. The quantitative estimate of drug-likeness (QED) is 0.378. The second-order valence-electron chi connectivity index (χ2n) is 6.82. The summed E-state index contributed by atoms with van der Waals surface area (Å²) < 4.78 is 7.21. The lowest BCUT2D eigenvalue weighted by Gasteiger charge is -2.09. The average Bonchev–Trinajstić information content (AvgIpc) is 3.14. The van der Waals surface area contributed by atoms with Gasteiger partial charge in [0.2, 0.25) is 11.8 Å². The topological polar surface area (TPSA) is 98.1 Å². The molecule has 0 aliphatic heterocycles. The van der Waals surface area contributed by atoms with Gasteiger partial charge in [0.25, 0.3) is 0 Å². The molecular formula is C22H23Cl2N5O3S. The Labute approximate surface area is 206 Å². The number of anilines is 2. The lowest BCUT2D eigenvalue weighted by molar-refractivity contribution is -0.116. The summed E-state index contributed by atoms with van der Waals surface area (Å²) in [5, 5.41) is 15.3. The Morgan fingerprint density at radius 3 is 2.27 bits per heavy atom. The minimum atomic E-state index is -0.237. The summed E-state index contributed by atoms with van der Waals surface area (Å²) in [7, 11) is 0. The minimum Gasteiger partial charge on any atom is -0.494 e. The number of carbonyl (C=O) groups excluding carboxylic acids is 2. The Morgan fingerprint density at radius 2 is 1.64 bits per heavy atom. The van der Waals surface area contributed by atoms with Gasteiger partial charge in [-0.1, -0.05) is 35.0 Å². The molecule has 0 atom stereocenters. The van der Waals surface area contributed by atoms with Gasteiger partial charge in [-0.05, 0) is 56.3 Å². The molecule has 0 fully saturated rings. The van der Waals surface area contributed by atoms with Crippen LogP contribution in [0.2, 0.25) is 10.0 Å². The van der Waals surface area contributed by atoms with Crippen molar-refractivity contribution < 1.29 is 14.3 Å². The zero-order valence-electron chi connectivity index (χ0n) is 18.1. The Balaban J connectivity index is 1.56. The van der Waals surface area contributed by atoms with Gasteiger partial charge in [-0.25, -0.2) is 0 Å². The van der Waals surface area contributed by atoms with Crippen LogP contribution in [0.15, 0.2) is 47.6 Å². The smallest absolute Gasteiger partial charge is 0.234 e. The predicted molar refractivity (Wildman–Crippen MR) is 131 cm³/mol. The molecule has 174 valence electrons. The van der Waals surface area contributed by atoms with Gasteiger partial charge in [-0.15, -0.1) is 10.2 Å². The van der Waals surface area contributed by atoms with E-state index in [1.54, 1.807) is 42.5 Å². The third-order valence-electron chi connectivity index (χ3n) is 4.36. The third kappa shape index (κ3) is 7.38. The molecule has 0 aliphatic rings. The summed E-state index contributed by atoms with van der Waals surface area (Å²) >= 11 is 13.2. The number of nitrogens with zero attached hydrogens (tertiary/aromatic N) is 3. The van der Waals surface area contributed by atoms with Gasteiger partial charge in [0, 0.05) is 28.0 Å². The average molecular weight is 508 g/mol. The van der Waals surface area contributed by atoms with Gasteiger partial charge in [0.05, 0.1) is 18.8 Å². The monoisotopic (exact) mass is 507 g/mol. The fourth-order valence-electron chi connectivity index (χ4n) is 2.98. The van der Waals surface area contributed by atoms with E-state index in [0.717, 1.165) is 5.75 Å². The molecule has 2 amide bonds. The first kappa shape index (κ1) is 24.9. The predicted octanol–water partition coefficient (Wildman–Crippen LogP) is 4.92. The van der Waals surface area contributed by atoms with Crippen molar-refractivity contribution in [1.29, 1.82) is 0 Å². The van der Waals surface area contributed by atoms with E-state index in [1.807, 2.05) is 18.4 Å². The Morgan fingerprint density at radius 1 is 0.970 bits per heavy atom. The molecule has 0 saturated carbocycles. The maximum Gasteiger partial charge on any atom is 0.234 e. The van der Waals surface area contributed by atoms with Crippen LogP contribution in [-0.4, -0.2) is 38.9 Å². The fraction of sp³-hybridized carbons (Fsp3) is 0.273. The number of ether oxygens (including phenoxy) is 1. The van der Waals surface area contributed by atoms with Crippen LogP contribution in [0.5, 0.6) is 5.75 Å². The van der Waals surface area contributed by atoms with E-state index in [0.29, 0.717) is 45.6 Å². The van der Waals surface area contributed by atoms with Crippen molar-refractivity contribution in [2.45, 2.75) is 32.0 Å². The van der Waals surface area contributed by atoms with Crippen LogP contribution in [0.1, 0.15) is 19.7 Å². The van der Waals surface area contributed by atoms with Crippen molar-refractivity contribution in [3.8, 4) is 5.75 Å². The number of hydrogen-bond acceptors (Lipinski definition) is 6. The van der Waals surface area contributed by atoms with Crippen LogP contribution in [0.25, 0.3) is 0 Å². The van der Waals surface area contributed by atoms with Crippen LogP contribution in [-0.2, 0) is 22.6 Å². The maximum atomic E-state index is 12.5. The van der Waals surface area contributed by atoms with Gasteiger partial charge in [-0.2, -0.15) is 0 Å². The first-order chi connectivity index (χ1) is 15.9. The zero-order valence-corrected chi connectivity index (χ0v) is 20.4. The van der Waals surface area contributed by atoms with E-state index in [2.05, 4.69) is 20.8 Å². The minimum absolute atomic E-state index is 0.0574. The number of hydrogen-bond donors (Lipinski definition) is 2. The Kier molecular flexibility index (Phi) is 8.99. The zero-order chi connectivity index (χ0) is 23.8. The molecule has 11 heteroatoms. The molecule has 3 rings (SSSR count). The van der Waals surface area contributed by atoms with Gasteiger partial charge >= 0.3 is 0 Å². The number of halogens is 2. The fourth-order valence-corrected chi connectivity index (χ4v) is 4.32. The highest BCUT2D eigenvalue weighted by molar-refractivity contribution is 7.99. The largest absolute Gasteiger partial charge is 0.494 e. The van der Waals surface area contributed by atoms with Crippen molar-refractivity contribution in [2.24, 2.45) is 0 Å². The summed E-state index contributed by atoms with van der Waals surface area (Å²) in [6.07, 6.45) is 0.0574. The van der Waals surface area contributed by atoms with Gasteiger partial charge in [-0.3, -0.25) is 9.59 Å². The highest BCUT2D eigenvalue weighted by Gasteiger charge is 2.16. The number of carbonyl (C=O) groups is 2. The number of amides is 2. The molecule has 0 aliphatic carbocycles. The molecule has 0 unspecified atom stereocenters. The molecule has 0 spiro atoms. The number of benzene rings is 2. The van der Waals surface area contributed by atoms with Crippen molar-refractivity contribution in [3.63, 3.8) is 0 Å². The van der Waals surface area contributed by atoms with E-state index >= 15 is 0 Å². The molecule has 0 bridgehead atoms. The summed E-state index contributed by atoms with van der Waals surface area (Å²) in [5.41, 5.74) is 1.18. The lowest BCUT2D eigenvalue weighted by Crippen LogP contribution is -2.18. The van der Waals surface area contributed by atoms with Crippen LogP contribution in [0, 0.1) is 0 Å². The standard InChI is InChI=1S/C22H23Cl2N5O3S/c1-3-29-19(12-20(30)25-16-5-7-18(8-6-16)32-4-2)27-28-22(29)33-13-21(31)26-17-10-14(23)9-15(24)11-17/h5-11H,3-4,12-13H2,1-2H3,(H,25,30)(H,26,31). The van der Waals surface area contributed by atoms with Crippen molar-refractivity contribution >= 4 is 58.2 Å². The number of aromatic nitrogens is 3. The van der Waals surface area contributed by atoms with Crippen molar-refractivity contribution in [2.75, 3.05) is 23.0 Å². The van der Waals surface area contributed by atoms with E-state index in [9.17, 15) is 9.59 Å². The third-order valence-corrected chi connectivity index (χ3v) is 5.76. The van der Waals surface area contributed by atoms with E-state index in [-0.39, 0.29) is 24.0 Å². The molecule has 0 saturated heterocycles.